The Kier molecular flexibility index (Phi) is 7.45. The van der Waals surface area contributed by atoms with Crippen molar-refractivity contribution in [3.05, 3.63) is 41.1 Å². The number of amides is 1. The molecule has 5 nitrogen and oxygen atoms in total. The first-order valence-electron chi connectivity index (χ1n) is 11.7. The van der Waals surface area contributed by atoms with Crippen LogP contribution in [0.3, 0.4) is 0 Å². The highest BCUT2D eigenvalue weighted by Crippen LogP contribution is 2.42. The van der Waals surface area contributed by atoms with Crippen molar-refractivity contribution in [2.24, 2.45) is 11.1 Å². The molecule has 1 amide bonds. The summed E-state index contributed by atoms with van der Waals surface area (Å²) in [5.41, 5.74) is 9.27. The zero-order valence-corrected chi connectivity index (χ0v) is 19.2. The standard InChI is InChI=1S/C23H33N3O2.C2H6/c1-17(15-24)22(27)26-12-8-23(9-13-26)6-10-25(11-7-23)16-20-5-3-4-19-14-18(2)28-21(19)20;1-2/h3-5,15,18H,6-14,16,24H2,1-2H3;1-2H3/b17-15+;. The molecule has 2 fully saturated rings. The molecule has 0 radical (unpaired) electrons. The Balaban J connectivity index is 0.00000124. The molecule has 3 aliphatic heterocycles. The van der Waals surface area contributed by atoms with Gasteiger partial charge in [0.1, 0.15) is 11.9 Å². The van der Waals surface area contributed by atoms with Crippen LogP contribution in [-0.4, -0.2) is 48.0 Å². The Hall–Kier alpha value is -2.01. The van der Waals surface area contributed by atoms with E-state index in [2.05, 4.69) is 30.0 Å². The van der Waals surface area contributed by atoms with E-state index in [1.165, 1.54) is 30.2 Å². The van der Waals surface area contributed by atoms with E-state index in [1.807, 2.05) is 18.7 Å². The van der Waals surface area contributed by atoms with Crippen LogP contribution in [0.5, 0.6) is 5.75 Å². The smallest absolute Gasteiger partial charge is 0.250 e. The summed E-state index contributed by atoms with van der Waals surface area (Å²) < 4.78 is 6.07. The fraction of sp³-hybridized carbons (Fsp3) is 0.640. The van der Waals surface area contributed by atoms with Crippen molar-refractivity contribution in [2.45, 2.75) is 72.4 Å². The maximum absolute atomic E-state index is 12.3. The average Bonchev–Trinajstić information content (AvgIpc) is 3.17. The number of benzene rings is 1. The van der Waals surface area contributed by atoms with Gasteiger partial charge >= 0.3 is 0 Å². The Labute approximate surface area is 182 Å². The van der Waals surface area contributed by atoms with Crippen molar-refractivity contribution in [2.75, 3.05) is 26.2 Å². The number of ether oxygens (including phenoxy) is 1. The number of rotatable bonds is 3. The summed E-state index contributed by atoms with van der Waals surface area (Å²) in [5.74, 6) is 1.23. The summed E-state index contributed by atoms with van der Waals surface area (Å²) in [6.45, 7) is 12.9. The highest BCUT2D eigenvalue weighted by molar-refractivity contribution is 5.92. The van der Waals surface area contributed by atoms with Gasteiger partial charge in [0.2, 0.25) is 0 Å². The normalized spacial score (nSPS) is 23.4. The second-order valence-electron chi connectivity index (χ2n) is 8.96. The molecule has 1 atom stereocenters. The fourth-order valence-corrected chi connectivity index (χ4v) is 5.06. The van der Waals surface area contributed by atoms with E-state index in [9.17, 15) is 4.79 Å². The van der Waals surface area contributed by atoms with Gasteiger partial charge in [-0.3, -0.25) is 9.69 Å². The third-order valence-electron chi connectivity index (χ3n) is 7.01. The summed E-state index contributed by atoms with van der Waals surface area (Å²) in [6, 6.07) is 6.59. The van der Waals surface area contributed by atoms with Crippen LogP contribution < -0.4 is 10.5 Å². The summed E-state index contributed by atoms with van der Waals surface area (Å²) in [7, 11) is 0. The van der Waals surface area contributed by atoms with E-state index in [0.29, 0.717) is 17.1 Å². The number of nitrogens with two attached hydrogens (primary N) is 1. The molecule has 0 aromatic heterocycles. The lowest BCUT2D eigenvalue weighted by Crippen LogP contribution is -2.48. The Morgan fingerprint density at radius 2 is 1.80 bits per heavy atom. The second kappa shape index (κ2) is 9.86. The van der Waals surface area contributed by atoms with E-state index < -0.39 is 0 Å². The quantitative estimate of drug-likeness (QED) is 0.758. The lowest BCUT2D eigenvalue weighted by Gasteiger charge is -2.47. The average molecular weight is 414 g/mol. The van der Waals surface area contributed by atoms with Crippen LogP contribution in [0.25, 0.3) is 0 Å². The lowest BCUT2D eigenvalue weighted by molar-refractivity contribution is -0.130. The number of fused-ring (bicyclic) bond motifs is 1. The SMILES string of the molecule is C/C(=C\N)C(=O)N1CCC2(CCN(Cc3cccc4c3OC(C)C4)CC2)CC1.CC. The highest BCUT2D eigenvalue weighted by Gasteiger charge is 2.38. The second-order valence-corrected chi connectivity index (χ2v) is 8.96. The molecule has 0 saturated carbocycles. The van der Waals surface area contributed by atoms with Gasteiger partial charge < -0.3 is 15.4 Å². The summed E-state index contributed by atoms with van der Waals surface area (Å²) in [5, 5.41) is 0. The van der Waals surface area contributed by atoms with Gasteiger partial charge in [0.25, 0.3) is 5.91 Å². The molecule has 1 aromatic rings. The van der Waals surface area contributed by atoms with Crippen LogP contribution >= 0.6 is 0 Å². The molecule has 1 spiro atoms. The lowest BCUT2D eigenvalue weighted by atomic mass is 9.71. The molecule has 4 rings (SSSR count). The van der Waals surface area contributed by atoms with Gasteiger partial charge in [0.05, 0.1) is 0 Å². The predicted octanol–water partition coefficient (Wildman–Crippen LogP) is 4.10. The number of hydrogen-bond donors (Lipinski definition) is 1. The Morgan fingerprint density at radius 1 is 1.17 bits per heavy atom. The molecular formula is C25H39N3O2. The molecule has 1 unspecified atom stereocenters. The van der Waals surface area contributed by atoms with Gasteiger partial charge in [-0.25, -0.2) is 0 Å². The third kappa shape index (κ3) is 4.83. The third-order valence-corrected chi connectivity index (χ3v) is 7.01. The minimum Gasteiger partial charge on any atom is -0.490 e. The minimum absolute atomic E-state index is 0.0990. The van der Waals surface area contributed by atoms with Gasteiger partial charge in [0.15, 0.2) is 0 Å². The fourth-order valence-electron chi connectivity index (χ4n) is 5.06. The van der Waals surface area contributed by atoms with Crippen LogP contribution in [0.1, 0.15) is 64.5 Å². The molecule has 2 saturated heterocycles. The first kappa shape index (κ1) is 22.7. The molecule has 2 N–H and O–H groups in total. The van der Waals surface area contributed by atoms with Crippen LogP contribution in [0.15, 0.2) is 30.0 Å². The molecule has 0 bridgehead atoms. The maximum atomic E-state index is 12.3. The van der Waals surface area contributed by atoms with Crippen LogP contribution in [0, 0.1) is 5.41 Å². The van der Waals surface area contributed by atoms with E-state index in [0.717, 1.165) is 57.7 Å². The number of carbonyl (C=O) groups excluding carboxylic acids is 1. The number of para-hydroxylation sites is 1. The molecule has 1 aromatic carbocycles. The zero-order chi connectivity index (χ0) is 21.7. The summed E-state index contributed by atoms with van der Waals surface area (Å²) >= 11 is 0. The first-order valence-corrected chi connectivity index (χ1v) is 11.7. The predicted molar refractivity (Wildman–Crippen MR) is 122 cm³/mol. The maximum Gasteiger partial charge on any atom is 0.250 e. The molecule has 0 aliphatic carbocycles. The topological polar surface area (TPSA) is 58.8 Å². The monoisotopic (exact) mass is 413 g/mol. The van der Waals surface area contributed by atoms with Crippen LogP contribution in [-0.2, 0) is 17.8 Å². The zero-order valence-electron chi connectivity index (χ0n) is 19.2. The molecule has 30 heavy (non-hydrogen) atoms. The molecule has 166 valence electrons. The summed E-state index contributed by atoms with van der Waals surface area (Å²) in [4.78, 5) is 16.9. The number of hydrogen-bond acceptors (Lipinski definition) is 4. The molecule has 5 heteroatoms. The van der Waals surface area contributed by atoms with Gasteiger partial charge in [-0.2, -0.15) is 0 Å². The molecule has 3 heterocycles. The van der Waals surface area contributed by atoms with Crippen molar-refractivity contribution < 1.29 is 9.53 Å². The van der Waals surface area contributed by atoms with Gasteiger partial charge in [-0.05, 0) is 63.6 Å². The minimum atomic E-state index is 0.0990. The van der Waals surface area contributed by atoms with Crippen molar-refractivity contribution >= 4 is 5.91 Å². The number of likely N-dealkylation sites (tertiary alicyclic amines) is 2. The van der Waals surface area contributed by atoms with E-state index in [-0.39, 0.29) is 5.91 Å². The van der Waals surface area contributed by atoms with Gasteiger partial charge in [-0.1, -0.05) is 32.0 Å². The largest absolute Gasteiger partial charge is 0.490 e. The van der Waals surface area contributed by atoms with Gasteiger partial charge in [-0.15, -0.1) is 0 Å². The number of piperidine rings is 2. The van der Waals surface area contributed by atoms with Crippen molar-refractivity contribution in [3.63, 3.8) is 0 Å². The van der Waals surface area contributed by atoms with Gasteiger partial charge in [0, 0.05) is 43.4 Å². The van der Waals surface area contributed by atoms with Crippen LogP contribution in [0.4, 0.5) is 0 Å². The highest BCUT2D eigenvalue weighted by atomic mass is 16.5. The number of carbonyl (C=O) groups is 1. The van der Waals surface area contributed by atoms with Crippen LogP contribution in [0.2, 0.25) is 0 Å². The van der Waals surface area contributed by atoms with E-state index in [4.69, 9.17) is 10.5 Å². The Bertz CT molecular complexity index is 756. The van der Waals surface area contributed by atoms with E-state index >= 15 is 0 Å². The van der Waals surface area contributed by atoms with Crippen molar-refractivity contribution in [1.29, 1.82) is 0 Å². The van der Waals surface area contributed by atoms with E-state index in [1.54, 1.807) is 6.92 Å². The molecule has 3 aliphatic rings. The van der Waals surface area contributed by atoms with Crippen molar-refractivity contribution in [3.8, 4) is 5.75 Å². The van der Waals surface area contributed by atoms with Crippen molar-refractivity contribution in [1.82, 2.24) is 9.80 Å². The number of nitrogens with zero attached hydrogens (tertiary/aromatic N) is 2. The first-order chi connectivity index (χ1) is 14.5. The molecular weight excluding hydrogens is 374 g/mol. The summed E-state index contributed by atoms with van der Waals surface area (Å²) in [6.07, 6.45) is 7.44. The Morgan fingerprint density at radius 3 is 2.43 bits per heavy atom.